The van der Waals surface area contributed by atoms with E-state index in [1.54, 1.807) is 24.3 Å². The van der Waals surface area contributed by atoms with Gasteiger partial charge in [0.25, 0.3) is 11.8 Å². The molecule has 0 spiro atoms. The zero-order valence-electron chi connectivity index (χ0n) is 15.3. The first-order valence-electron chi connectivity index (χ1n) is 8.82. The number of carbonyl (C=O) groups excluding carboxylic acids is 3. The third-order valence-corrected chi connectivity index (χ3v) is 4.16. The van der Waals surface area contributed by atoms with E-state index in [4.69, 9.17) is 9.57 Å². The van der Waals surface area contributed by atoms with Crippen LogP contribution in [0.2, 0.25) is 0 Å². The fourth-order valence-corrected chi connectivity index (χ4v) is 2.82. The van der Waals surface area contributed by atoms with Crippen molar-refractivity contribution >= 4 is 17.8 Å². The lowest BCUT2D eigenvalue weighted by Gasteiger charge is -2.22. The molecule has 2 aromatic rings. The van der Waals surface area contributed by atoms with Gasteiger partial charge in [-0.3, -0.25) is 9.59 Å². The number of esters is 1. The molecule has 2 aromatic carbocycles. The first kappa shape index (κ1) is 18.8. The second-order valence-corrected chi connectivity index (χ2v) is 6.77. The maximum Gasteiger partial charge on any atom is 0.338 e. The van der Waals surface area contributed by atoms with E-state index in [2.05, 4.69) is 0 Å². The summed E-state index contributed by atoms with van der Waals surface area (Å²) in [6.45, 7) is 3.94. The Labute approximate surface area is 157 Å². The topological polar surface area (TPSA) is 72.9 Å². The molecule has 0 aromatic heterocycles. The summed E-state index contributed by atoms with van der Waals surface area (Å²) in [6, 6.07) is 15.7. The highest BCUT2D eigenvalue weighted by molar-refractivity contribution is 6.20. The van der Waals surface area contributed by atoms with Crippen LogP contribution >= 0.6 is 0 Å². The fraction of sp³-hybridized carbons (Fsp3) is 0.286. The minimum Gasteiger partial charge on any atom is -0.459 e. The zero-order chi connectivity index (χ0) is 19.4. The van der Waals surface area contributed by atoms with Gasteiger partial charge < -0.3 is 4.74 Å². The molecule has 6 nitrogen and oxygen atoms in total. The Bertz CT molecular complexity index is 812. The number of hydroxylamine groups is 2. The van der Waals surface area contributed by atoms with E-state index < -0.39 is 23.9 Å². The molecule has 0 N–H and O–H groups in total. The first-order chi connectivity index (χ1) is 13.0. The molecule has 1 heterocycles. The van der Waals surface area contributed by atoms with Gasteiger partial charge in [-0.2, -0.15) is 0 Å². The van der Waals surface area contributed by atoms with Gasteiger partial charge in [0.15, 0.2) is 6.10 Å². The third kappa shape index (κ3) is 4.23. The van der Waals surface area contributed by atoms with Gasteiger partial charge in [0.05, 0.1) is 11.1 Å². The number of hydrogen-bond donors (Lipinski definition) is 0. The van der Waals surface area contributed by atoms with Crippen LogP contribution in [0.5, 0.6) is 0 Å². The van der Waals surface area contributed by atoms with Crippen molar-refractivity contribution in [3.05, 3.63) is 71.3 Å². The van der Waals surface area contributed by atoms with E-state index >= 15 is 0 Å². The number of hydrogen-bond acceptors (Lipinski definition) is 5. The Balaban J connectivity index is 1.71. The van der Waals surface area contributed by atoms with Crippen LogP contribution in [0.3, 0.4) is 0 Å². The second kappa shape index (κ2) is 8.14. The first-order valence-corrected chi connectivity index (χ1v) is 8.82. The third-order valence-electron chi connectivity index (χ3n) is 4.16. The van der Waals surface area contributed by atoms with Crippen LogP contribution < -0.4 is 0 Å². The summed E-state index contributed by atoms with van der Waals surface area (Å²) in [5.74, 6) is -1.64. The van der Waals surface area contributed by atoms with Gasteiger partial charge in [0.1, 0.15) is 6.61 Å². The molecule has 0 aliphatic carbocycles. The molecule has 1 atom stereocenters. The van der Waals surface area contributed by atoms with Crippen LogP contribution in [0.1, 0.15) is 46.5 Å². The minimum absolute atomic E-state index is 0.0970. The predicted molar refractivity (Wildman–Crippen MR) is 97.5 cm³/mol. The monoisotopic (exact) mass is 367 g/mol. The minimum atomic E-state index is -1.05. The number of fused-ring (bicyclic) bond motifs is 1. The van der Waals surface area contributed by atoms with E-state index in [9.17, 15) is 14.4 Å². The van der Waals surface area contributed by atoms with Crippen LogP contribution in [-0.2, 0) is 21.0 Å². The summed E-state index contributed by atoms with van der Waals surface area (Å²) >= 11 is 0. The average molecular weight is 367 g/mol. The number of rotatable bonds is 7. The van der Waals surface area contributed by atoms with E-state index in [-0.39, 0.29) is 23.7 Å². The molecule has 140 valence electrons. The highest BCUT2D eigenvalue weighted by Gasteiger charge is 2.39. The van der Waals surface area contributed by atoms with Crippen molar-refractivity contribution in [3.63, 3.8) is 0 Å². The van der Waals surface area contributed by atoms with Crippen molar-refractivity contribution in [2.75, 3.05) is 0 Å². The van der Waals surface area contributed by atoms with Gasteiger partial charge in [0.2, 0.25) is 0 Å². The van der Waals surface area contributed by atoms with Crippen molar-refractivity contribution in [1.82, 2.24) is 5.06 Å². The summed E-state index contributed by atoms with van der Waals surface area (Å²) in [4.78, 5) is 43.0. The number of imide groups is 1. The molecule has 1 unspecified atom stereocenters. The van der Waals surface area contributed by atoms with Crippen LogP contribution in [0.4, 0.5) is 0 Å². The van der Waals surface area contributed by atoms with Gasteiger partial charge in [-0.05, 0) is 30.0 Å². The predicted octanol–water partition coefficient (Wildman–Crippen LogP) is 3.37. The van der Waals surface area contributed by atoms with E-state index in [0.717, 1.165) is 5.56 Å². The normalized spacial score (nSPS) is 14.4. The van der Waals surface area contributed by atoms with Crippen molar-refractivity contribution in [2.24, 2.45) is 5.92 Å². The maximum atomic E-state index is 12.5. The molecular weight excluding hydrogens is 346 g/mol. The van der Waals surface area contributed by atoms with Gasteiger partial charge in [-0.25, -0.2) is 9.63 Å². The molecule has 1 aliphatic rings. The van der Waals surface area contributed by atoms with E-state index in [1.807, 2.05) is 44.2 Å². The Morgan fingerprint density at radius 3 is 2.04 bits per heavy atom. The van der Waals surface area contributed by atoms with Crippen molar-refractivity contribution in [2.45, 2.75) is 33.0 Å². The summed E-state index contributed by atoms with van der Waals surface area (Å²) in [7, 11) is 0. The Hall–Kier alpha value is -2.99. The molecule has 6 heteroatoms. The largest absolute Gasteiger partial charge is 0.459 e. The number of nitrogens with zero attached hydrogens (tertiary/aromatic N) is 1. The summed E-state index contributed by atoms with van der Waals surface area (Å²) < 4.78 is 5.34. The molecular formula is C21H21NO5. The smallest absolute Gasteiger partial charge is 0.338 e. The van der Waals surface area contributed by atoms with Crippen LogP contribution in [0.15, 0.2) is 54.6 Å². The van der Waals surface area contributed by atoms with Crippen LogP contribution in [0, 0.1) is 5.92 Å². The Kier molecular flexibility index (Phi) is 5.66. The number of amides is 2. The lowest BCUT2D eigenvalue weighted by molar-refractivity contribution is -0.183. The van der Waals surface area contributed by atoms with E-state index in [0.29, 0.717) is 11.5 Å². The standard InChI is InChI=1S/C21H21NO5/c1-14(2)12-18(21(25)26-13-15-8-4-3-5-9-15)27-22-19(23)16-10-6-7-11-17(16)20(22)24/h3-11,14,18H,12-13H2,1-2H3. The molecule has 2 amide bonds. The van der Waals surface area contributed by atoms with Crippen molar-refractivity contribution < 1.29 is 24.0 Å². The Morgan fingerprint density at radius 1 is 0.926 bits per heavy atom. The molecule has 0 bridgehead atoms. The fourth-order valence-electron chi connectivity index (χ4n) is 2.82. The summed E-state index contributed by atoms with van der Waals surface area (Å²) in [5, 5.41) is 0.668. The quantitative estimate of drug-likeness (QED) is 0.554. The molecule has 1 aliphatic heterocycles. The molecule has 3 rings (SSSR count). The number of ether oxygens (including phenoxy) is 1. The zero-order valence-corrected chi connectivity index (χ0v) is 15.3. The summed E-state index contributed by atoms with van der Waals surface area (Å²) in [6.07, 6.45) is -0.725. The second-order valence-electron chi connectivity index (χ2n) is 6.77. The molecule has 0 saturated heterocycles. The molecule has 0 radical (unpaired) electrons. The number of benzene rings is 2. The highest BCUT2D eigenvalue weighted by atomic mass is 16.7. The lowest BCUT2D eigenvalue weighted by Crippen LogP contribution is -2.39. The maximum absolute atomic E-state index is 12.5. The van der Waals surface area contributed by atoms with E-state index in [1.165, 1.54) is 0 Å². The van der Waals surface area contributed by atoms with Crippen LogP contribution in [0.25, 0.3) is 0 Å². The van der Waals surface area contributed by atoms with Crippen LogP contribution in [-0.4, -0.2) is 29.0 Å². The van der Waals surface area contributed by atoms with Gasteiger partial charge in [-0.15, -0.1) is 5.06 Å². The average Bonchev–Trinajstić information content (AvgIpc) is 2.91. The van der Waals surface area contributed by atoms with Gasteiger partial charge >= 0.3 is 5.97 Å². The van der Waals surface area contributed by atoms with Gasteiger partial charge in [-0.1, -0.05) is 56.3 Å². The Morgan fingerprint density at radius 2 is 1.48 bits per heavy atom. The molecule has 0 saturated carbocycles. The highest BCUT2D eigenvalue weighted by Crippen LogP contribution is 2.25. The lowest BCUT2D eigenvalue weighted by atomic mass is 10.1. The number of carbonyl (C=O) groups is 3. The molecule has 27 heavy (non-hydrogen) atoms. The van der Waals surface area contributed by atoms with Crippen molar-refractivity contribution in [1.29, 1.82) is 0 Å². The SMILES string of the molecule is CC(C)CC(ON1C(=O)c2ccccc2C1=O)C(=O)OCc1ccccc1. The van der Waals surface area contributed by atoms with Crippen molar-refractivity contribution in [3.8, 4) is 0 Å². The van der Waals surface area contributed by atoms with Gasteiger partial charge in [0, 0.05) is 0 Å². The molecule has 0 fully saturated rings. The summed E-state index contributed by atoms with van der Waals surface area (Å²) in [5.41, 5.74) is 1.38.